The van der Waals surface area contributed by atoms with Gasteiger partial charge in [-0.2, -0.15) is 0 Å². The monoisotopic (exact) mass is 335 g/mol. The van der Waals surface area contributed by atoms with Crippen molar-refractivity contribution in [2.24, 2.45) is 13.0 Å². The lowest BCUT2D eigenvalue weighted by molar-refractivity contribution is 0.0459. The van der Waals surface area contributed by atoms with E-state index in [1.807, 2.05) is 62.5 Å². The zero-order valence-corrected chi connectivity index (χ0v) is 15.3. The number of nitrogens with one attached hydrogen (secondary N) is 1. The zero-order valence-electron chi connectivity index (χ0n) is 15.3. The molecule has 1 aromatic heterocycles. The molecule has 1 aliphatic rings. The van der Waals surface area contributed by atoms with Crippen LogP contribution >= 0.6 is 0 Å². The summed E-state index contributed by atoms with van der Waals surface area (Å²) in [4.78, 5) is 26.5. The zero-order chi connectivity index (χ0) is 17.9. The average molecular weight is 335 g/mol. The molecule has 2 amide bonds. The van der Waals surface area contributed by atoms with Gasteiger partial charge in [-0.3, -0.25) is 4.79 Å². The van der Waals surface area contributed by atoms with Crippen LogP contribution in [0.1, 0.15) is 51.0 Å². The summed E-state index contributed by atoms with van der Waals surface area (Å²) in [6, 6.07) is 3.68. The van der Waals surface area contributed by atoms with E-state index in [2.05, 4.69) is 5.32 Å². The van der Waals surface area contributed by atoms with Crippen LogP contribution in [0.3, 0.4) is 0 Å². The van der Waals surface area contributed by atoms with E-state index in [-0.39, 0.29) is 17.9 Å². The Balaban J connectivity index is 1.94. The minimum atomic E-state index is -0.509. The number of carbonyl (C=O) groups excluding carboxylic acids is 2. The maximum atomic E-state index is 12.7. The average Bonchev–Trinajstić information content (AvgIpc) is 2.90. The number of alkyl carbamates (subject to hydrolysis) is 1. The third-order valence-corrected chi connectivity index (χ3v) is 4.36. The molecular formula is C18H29N3O3. The van der Waals surface area contributed by atoms with Crippen LogP contribution in [0.25, 0.3) is 0 Å². The summed E-state index contributed by atoms with van der Waals surface area (Å²) >= 11 is 0. The summed E-state index contributed by atoms with van der Waals surface area (Å²) < 4.78 is 7.16. The maximum Gasteiger partial charge on any atom is 0.407 e. The van der Waals surface area contributed by atoms with Gasteiger partial charge in [0.15, 0.2) is 0 Å². The molecule has 2 rings (SSSR count). The number of hydrogen-bond acceptors (Lipinski definition) is 3. The number of hydrogen-bond donors (Lipinski definition) is 1. The number of rotatable bonds is 3. The lowest BCUT2D eigenvalue weighted by Gasteiger charge is -2.36. The molecule has 1 aliphatic heterocycles. The third-order valence-electron chi connectivity index (χ3n) is 4.36. The summed E-state index contributed by atoms with van der Waals surface area (Å²) in [5.74, 6) is 0.284. The van der Waals surface area contributed by atoms with Gasteiger partial charge in [-0.15, -0.1) is 0 Å². The lowest BCUT2D eigenvalue weighted by Crippen LogP contribution is -2.49. The minimum absolute atomic E-state index is 0.0381. The Kier molecular flexibility index (Phi) is 5.57. The van der Waals surface area contributed by atoms with Crippen LogP contribution in [0.15, 0.2) is 18.3 Å². The van der Waals surface area contributed by atoms with Gasteiger partial charge in [0.05, 0.1) is 0 Å². The number of aryl methyl sites for hydroxylation is 1. The van der Waals surface area contributed by atoms with Crippen LogP contribution < -0.4 is 5.32 Å². The van der Waals surface area contributed by atoms with Crippen molar-refractivity contribution in [3.05, 3.63) is 24.0 Å². The fraction of sp³-hybridized carbons (Fsp3) is 0.667. The van der Waals surface area contributed by atoms with Crippen molar-refractivity contribution in [3.8, 4) is 0 Å². The van der Waals surface area contributed by atoms with E-state index >= 15 is 0 Å². The topological polar surface area (TPSA) is 63.6 Å². The van der Waals surface area contributed by atoms with E-state index in [9.17, 15) is 9.59 Å². The molecule has 0 spiro atoms. The van der Waals surface area contributed by atoms with Crippen LogP contribution in [0, 0.1) is 5.92 Å². The van der Waals surface area contributed by atoms with Gasteiger partial charge in [-0.25, -0.2) is 4.79 Å². The summed E-state index contributed by atoms with van der Waals surface area (Å²) in [6.07, 6.45) is 3.41. The quantitative estimate of drug-likeness (QED) is 0.924. The highest BCUT2D eigenvalue weighted by molar-refractivity contribution is 5.92. The van der Waals surface area contributed by atoms with Crippen molar-refractivity contribution in [3.63, 3.8) is 0 Å². The standard InChI is InChI=1S/C18H29N3O3/c1-13(19-17(23)24-18(2,3)4)14-8-6-11-21(12-14)16(22)15-9-7-10-20(15)5/h7,9-10,13-14H,6,8,11-12H2,1-5H3,(H,19,23). The summed E-state index contributed by atoms with van der Waals surface area (Å²) in [5, 5.41) is 2.91. The molecule has 1 N–H and O–H groups in total. The second-order valence-electron chi connectivity index (χ2n) is 7.59. The molecule has 0 bridgehead atoms. The van der Waals surface area contributed by atoms with Crippen molar-refractivity contribution in [1.82, 2.24) is 14.8 Å². The number of piperidine rings is 1. The fourth-order valence-corrected chi connectivity index (χ4v) is 3.06. The van der Waals surface area contributed by atoms with Gasteiger partial charge in [0.1, 0.15) is 11.3 Å². The highest BCUT2D eigenvalue weighted by Gasteiger charge is 2.30. The lowest BCUT2D eigenvalue weighted by atomic mass is 9.91. The van der Waals surface area contributed by atoms with Crippen molar-refractivity contribution >= 4 is 12.0 Å². The maximum absolute atomic E-state index is 12.7. The molecule has 2 heterocycles. The van der Waals surface area contributed by atoms with Gasteiger partial charge >= 0.3 is 6.09 Å². The number of nitrogens with zero attached hydrogens (tertiary/aromatic N) is 2. The molecule has 0 aromatic carbocycles. The van der Waals surface area contributed by atoms with Gasteiger partial charge in [-0.05, 0) is 58.6 Å². The van der Waals surface area contributed by atoms with Gasteiger partial charge in [0.25, 0.3) is 5.91 Å². The van der Waals surface area contributed by atoms with Gasteiger partial charge in [0, 0.05) is 32.4 Å². The van der Waals surface area contributed by atoms with Crippen LogP contribution in [0.2, 0.25) is 0 Å². The van der Waals surface area contributed by atoms with Crippen LogP contribution in [0.4, 0.5) is 4.79 Å². The molecular weight excluding hydrogens is 306 g/mol. The first-order chi connectivity index (χ1) is 11.2. The molecule has 1 fully saturated rings. The number of ether oxygens (including phenoxy) is 1. The van der Waals surface area contributed by atoms with Crippen molar-refractivity contribution in [2.45, 2.75) is 52.2 Å². The number of amides is 2. The smallest absolute Gasteiger partial charge is 0.407 e. The van der Waals surface area contributed by atoms with Gasteiger partial charge in [0.2, 0.25) is 0 Å². The predicted molar refractivity (Wildman–Crippen MR) is 92.9 cm³/mol. The van der Waals surface area contributed by atoms with E-state index < -0.39 is 11.7 Å². The van der Waals surface area contributed by atoms with Crippen LogP contribution in [-0.2, 0) is 11.8 Å². The molecule has 0 radical (unpaired) electrons. The Hall–Kier alpha value is -1.98. The van der Waals surface area contributed by atoms with E-state index in [4.69, 9.17) is 4.74 Å². The normalized spacial score (nSPS) is 19.7. The van der Waals surface area contributed by atoms with Crippen molar-refractivity contribution in [1.29, 1.82) is 0 Å². The van der Waals surface area contributed by atoms with E-state index in [0.29, 0.717) is 12.2 Å². The second-order valence-corrected chi connectivity index (χ2v) is 7.59. The second kappa shape index (κ2) is 7.28. The number of carbonyl (C=O) groups is 2. The Morgan fingerprint density at radius 1 is 1.38 bits per heavy atom. The minimum Gasteiger partial charge on any atom is -0.444 e. The first-order valence-corrected chi connectivity index (χ1v) is 8.57. The molecule has 6 nitrogen and oxygen atoms in total. The summed E-state index contributed by atoms with van der Waals surface area (Å²) in [6.45, 7) is 8.93. The molecule has 0 saturated carbocycles. The summed E-state index contributed by atoms with van der Waals surface area (Å²) in [7, 11) is 1.88. The molecule has 6 heteroatoms. The fourth-order valence-electron chi connectivity index (χ4n) is 3.06. The van der Waals surface area contributed by atoms with Gasteiger partial charge < -0.3 is 19.5 Å². The predicted octanol–water partition coefficient (Wildman–Crippen LogP) is 2.79. The third kappa shape index (κ3) is 4.76. The number of aromatic nitrogens is 1. The van der Waals surface area contributed by atoms with E-state index in [1.54, 1.807) is 0 Å². The molecule has 2 unspecified atom stereocenters. The first-order valence-electron chi connectivity index (χ1n) is 8.57. The molecule has 1 saturated heterocycles. The Morgan fingerprint density at radius 2 is 2.08 bits per heavy atom. The molecule has 1 aromatic rings. The SMILES string of the molecule is CC(NC(=O)OC(C)(C)C)C1CCCN(C(=O)c2cccn2C)C1. The van der Waals surface area contributed by atoms with Gasteiger partial charge in [-0.1, -0.05) is 0 Å². The van der Waals surface area contributed by atoms with Crippen molar-refractivity contribution < 1.29 is 14.3 Å². The van der Waals surface area contributed by atoms with E-state index in [1.165, 1.54) is 0 Å². The van der Waals surface area contributed by atoms with Crippen LogP contribution in [0.5, 0.6) is 0 Å². The molecule has 24 heavy (non-hydrogen) atoms. The largest absolute Gasteiger partial charge is 0.444 e. The van der Waals surface area contributed by atoms with Crippen LogP contribution in [-0.4, -0.2) is 46.2 Å². The first kappa shape index (κ1) is 18.4. The Labute approximate surface area is 144 Å². The summed E-state index contributed by atoms with van der Waals surface area (Å²) in [5.41, 5.74) is 0.189. The molecule has 0 aliphatic carbocycles. The Bertz CT molecular complexity index is 589. The van der Waals surface area contributed by atoms with E-state index in [0.717, 1.165) is 19.4 Å². The van der Waals surface area contributed by atoms with Crippen molar-refractivity contribution in [2.75, 3.05) is 13.1 Å². The molecule has 2 atom stereocenters. The highest BCUT2D eigenvalue weighted by atomic mass is 16.6. The number of likely N-dealkylation sites (tertiary alicyclic amines) is 1. The molecule has 134 valence electrons. The highest BCUT2D eigenvalue weighted by Crippen LogP contribution is 2.22. The Morgan fingerprint density at radius 3 is 2.67 bits per heavy atom.